The predicted molar refractivity (Wildman–Crippen MR) is 111 cm³/mol. The first-order valence-corrected chi connectivity index (χ1v) is 10.0. The highest BCUT2D eigenvalue weighted by atomic mass is 127. The lowest BCUT2D eigenvalue weighted by molar-refractivity contribution is 0.576. The zero-order chi connectivity index (χ0) is 18.4. The van der Waals surface area contributed by atoms with Gasteiger partial charge in [-0.15, -0.1) is 24.0 Å². The van der Waals surface area contributed by atoms with E-state index >= 15 is 0 Å². The number of guanidine groups is 1. The van der Waals surface area contributed by atoms with Crippen LogP contribution in [0.2, 0.25) is 0 Å². The molecule has 1 aliphatic heterocycles. The molecule has 148 valence electrons. The number of hydrogen-bond donors (Lipinski definition) is 2. The normalized spacial score (nSPS) is 17.8. The van der Waals surface area contributed by atoms with E-state index < -0.39 is 21.5 Å². The van der Waals surface area contributed by atoms with Crippen LogP contribution in [0.5, 0.6) is 0 Å². The molecule has 1 saturated heterocycles. The van der Waals surface area contributed by atoms with Crippen molar-refractivity contribution in [3.8, 4) is 0 Å². The molecule has 0 amide bonds. The van der Waals surface area contributed by atoms with Gasteiger partial charge in [0.05, 0.1) is 5.75 Å². The van der Waals surface area contributed by atoms with Gasteiger partial charge >= 0.3 is 0 Å². The fourth-order valence-electron chi connectivity index (χ4n) is 2.73. The van der Waals surface area contributed by atoms with Crippen molar-refractivity contribution in [1.82, 2.24) is 10.6 Å². The number of sulfone groups is 1. The number of hydrogen-bond acceptors (Lipinski definition) is 4. The molecule has 0 bridgehead atoms. The van der Waals surface area contributed by atoms with E-state index in [-0.39, 0.29) is 53.8 Å². The molecule has 0 aliphatic carbocycles. The Kier molecular flexibility index (Phi) is 9.01. The largest absolute Gasteiger partial charge is 0.365 e. The van der Waals surface area contributed by atoms with Crippen molar-refractivity contribution >= 4 is 45.5 Å². The summed E-state index contributed by atoms with van der Waals surface area (Å²) in [7, 11) is -1.45. The van der Waals surface area contributed by atoms with Gasteiger partial charge in [0.2, 0.25) is 0 Å². The van der Waals surface area contributed by atoms with Gasteiger partial charge in [0, 0.05) is 38.5 Å². The first-order valence-electron chi connectivity index (χ1n) is 8.23. The molecule has 0 radical (unpaired) electrons. The number of benzene rings is 1. The summed E-state index contributed by atoms with van der Waals surface area (Å²) in [4.78, 5) is 5.73. The van der Waals surface area contributed by atoms with Gasteiger partial charge in [0.1, 0.15) is 17.3 Å². The Morgan fingerprint density at radius 2 is 2.00 bits per heavy atom. The first-order chi connectivity index (χ1) is 11.9. The summed E-state index contributed by atoms with van der Waals surface area (Å²) in [6, 6.07) is 3.80. The van der Waals surface area contributed by atoms with Crippen LogP contribution in [0.25, 0.3) is 0 Å². The summed E-state index contributed by atoms with van der Waals surface area (Å²) < 4.78 is 50.7. The second kappa shape index (κ2) is 10.2. The average Bonchev–Trinajstić information content (AvgIpc) is 3.01. The molecule has 10 heteroatoms. The Morgan fingerprint density at radius 3 is 2.58 bits per heavy atom. The number of para-hydroxylation sites is 1. The molecule has 1 aromatic rings. The number of rotatable bonds is 6. The van der Waals surface area contributed by atoms with Gasteiger partial charge in [0.15, 0.2) is 15.8 Å². The lowest BCUT2D eigenvalue weighted by Gasteiger charge is -2.21. The molecule has 6 nitrogen and oxygen atoms in total. The monoisotopic (exact) mass is 502 g/mol. The highest BCUT2D eigenvalue weighted by molar-refractivity contribution is 14.0. The van der Waals surface area contributed by atoms with Crippen LogP contribution in [0.4, 0.5) is 14.5 Å². The molecule has 26 heavy (non-hydrogen) atoms. The average molecular weight is 502 g/mol. The van der Waals surface area contributed by atoms with Gasteiger partial charge in [-0.25, -0.2) is 17.2 Å². The predicted octanol–water partition coefficient (Wildman–Crippen LogP) is 1.76. The molecule has 1 fully saturated rings. The molecule has 2 N–H and O–H groups in total. The van der Waals surface area contributed by atoms with Crippen molar-refractivity contribution in [2.24, 2.45) is 4.99 Å². The minimum atomic E-state index is -3.04. The van der Waals surface area contributed by atoms with Crippen LogP contribution in [0, 0.1) is 11.6 Å². The molecule has 1 heterocycles. The SMILES string of the molecule is CCS(=O)(=O)CCNC(=NC)NC1CCN(c2c(F)cccc2F)C1.I. The molecule has 0 aromatic heterocycles. The highest BCUT2D eigenvalue weighted by Gasteiger charge is 2.27. The van der Waals surface area contributed by atoms with Gasteiger partial charge in [-0.2, -0.15) is 0 Å². The van der Waals surface area contributed by atoms with Gasteiger partial charge in [-0.3, -0.25) is 4.99 Å². The molecule has 0 saturated carbocycles. The first kappa shape index (κ1) is 22.9. The standard InChI is InChI=1S/C16H24F2N4O2S.HI/c1-3-25(23,24)10-8-20-16(19-2)21-12-7-9-22(11-12)15-13(17)5-4-6-14(15)18;/h4-6,12H,3,7-11H2,1-2H3,(H2,19,20,21);1H. The van der Waals surface area contributed by atoms with E-state index in [0.717, 1.165) is 0 Å². The Hall–Kier alpha value is -1.17. The highest BCUT2D eigenvalue weighted by Crippen LogP contribution is 2.26. The number of nitrogens with one attached hydrogen (secondary N) is 2. The van der Waals surface area contributed by atoms with Crippen LogP contribution in [-0.4, -0.2) is 58.6 Å². The Bertz CT molecular complexity index is 711. The molecule has 2 rings (SSSR count). The van der Waals surface area contributed by atoms with Crippen LogP contribution in [-0.2, 0) is 9.84 Å². The number of anilines is 1. The fourth-order valence-corrected chi connectivity index (χ4v) is 3.43. The topological polar surface area (TPSA) is 73.8 Å². The third-order valence-electron chi connectivity index (χ3n) is 4.15. The van der Waals surface area contributed by atoms with Crippen molar-refractivity contribution in [3.05, 3.63) is 29.8 Å². The van der Waals surface area contributed by atoms with Crippen LogP contribution in [0.3, 0.4) is 0 Å². The molecule has 1 aromatic carbocycles. The van der Waals surface area contributed by atoms with Crippen LogP contribution < -0.4 is 15.5 Å². The number of halogens is 3. The Labute approximate surface area is 170 Å². The Balaban J connectivity index is 0.00000338. The maximum absolute atomic E-state index is 13.9. The fraction of sp³-hybridized carbons (Fsp3) is 0.562. The molecule has 0 spiro atoms. The van der Waals surface area contributed by atoms with E-state index in [4.69, 9.17) is 0 Å². The van der Waals surface area contributed by atoms with E-state index in [2.05, 4.69) is 15.6 Å². The molecule has 1 unspecified atom stereocenters. The van der Waals surface area contributed by atoms with Gasteiger partial charge in [-0.1, -0.05) is 13.0 Å². The summed E-state index contributed by atoms with van der Waals surface area (Å²) >= 11 is 0. The van der Waals surface area contributed by atoms with Crippen molar-refractivity contribution in [3.63, 3.8) is 0 Å². The summed E-state index contributed by atoms with van der Waals surface area (Å²) in [6.45, 7) is 2.83. The van der Waals surface area contributed by atoms with Crippen LogP contribution >= 0.6 is 24.0 Å². The van der Waals surface area contributed by atoms with Gasteiger partial charge < -0.3 is 15.5 Å². The minimum Gasteiger partial charge on any atom is -0.365 e. The second-order valence-corrected chi connectivity index (χ2v) is 8.35. The number of nitrogens with zero attached hydrogens (tertiary/aromatic N) is 2. The van der Waals surface area contributed by atoms with Crippen molar-refractivity contribution in [2.45, 2.75) is 19.4 Å². The zero-order valence-corrected chi connectivity index (χ0v) is 18.0. The van der Waals surface area contributed by atoms with Crippen LogP contribution in [0.1, 0.15) is 13.3 Å². The van der Waals surface area contributed by atoms with E-state index in [1.165, 1.54) is 18.2 Å². The summed E-state index contributed by atoms with van der Waals surface area (Å²) in [5.74, 6) is -0.540. The van der Waals surface area contributed by atoms with E-state index in [1.54, 1.807) is 18.9 Å². The summed E-state index contributed by atoms with van der Waals surface area (Å²) in [5.41, 5.74) is -0.0104. The quantitative estimate of drug-likeness (QED) is 0.353. The third-order valence-corrected chi connectivity index (χ3v) is 5.86. The van der Waals surface area contributed by atoms with Gasteiger partial charge in [-0.05, 0) is 18.6 Å². The molecule has 1 aliphatic rings. The number of aliphatic imine (C=N–C) groups is 1. The second-order valence-electron chi connectivity index (χ2n) is 5.88. The lowest BCUT2D eigenvalue weighted by atomic mass is 10.2. The molecular weight excluding hydrogens is 477 g/mol. The Morgan fingerprint density at radius 1 is 1.35 bits per heavy atom. The van der Waals surface area contributed by atoms with Crippen LogP contribution in [0.15, 0.2) is 23.2 Å². The lowest BCUT2D eigenvalue weighted by Crippen LogP contribution is -2.45. The van der Waals surface area contributed by atoms with E-state index in [9.17, 15) is 17.2 Å². The summed E-state index contributed by atoms with van der Waals surface area (Å²) in [6.07, 6.45) is 0.696. The molecule has 1 atom stereocenters. The molecular formula is C16H25F2IN4O2S. The minimum absolute atomic E-state index is 0. The van der Waals surface area contributed by atoms with Crippen molar-refractivity contribution in [2.75, 3.05) is 43.1 Å². The van der Waals surface area contributed by atoms with Crippen molar-refractivity contribution in [1.29, 1.82) is 0 Å². The third kappa shape index (κ3) is 6.22. The maximum atomic E-state index is 13.9. The van der Waals surface area contributed by atoms with Crippen molar-refractivity contribution < 1.29 is 17.2 Å². The van der Waals surface area contributed by atoms with E-state index in [1.807, 2.05) is 0 Å². The van der Waals surface area contributed by atoms with Gasteiger partial charge in [0.25, 0.3) is 0 Å². The smallest absolute Gasteiger partial charge is 0.191 e. The van der Waals surface area contributed by atoms with E-state index in [0.29, 0.717) is 25.5 Å². The maximum Gasteiger partial charge on any atom is 0.191 e. The summed E-state index contributed by atoms with van der Waals surface area (Å²) in [5, 5.41) is 6.12. The zero-order valence-electron chi connectivity index (χ0n) is 14.8.